The Morgan fingerprint density at radius 1 is 1.21 bits per heavy atom. The van der Waals surface area contributed by atoms with E-state index in [4.69, 9.17) is 23.2 Å². The molecule has 5 nitrogen and oxygen atoms in total. The van der Waals surface area contributed by atoms with E-state index in [-0.39, 0.29) is 18.2 Å². The number of hydrogen-bond acceptors (Lipinski definition) is 4. The summed E-state index contributed by atoms with van der Waals surface area (Å²) in [5.41, 5.74) is 2.49. The summed E-state index contributed by atoms with van der Waals surface area (Å²) in [7, 11) is 1.68. The van der Waals surface area contributed by atoms with E-state index in [1.165, 1.54) is 16.7 Å². The van der Waals surface area contributed by atoms with Crippen molar-refractivity contribution in [2.45, 2.75) is 25.0 Å². The molecule has 1 aliphatic heterocycles. The third-order valence-electron chi connectivity index (χ3n) is 4.30. The van der Waals surface area contributed by atoms with Gasteiger partial charge < -0.3 is 5.32 Å². The molecule has 0 unspecified atom stereocenters. The van der Waals surface area contributed by atoms with E-state index in [1.54, 1.807) is 25.2 Å². The first-order valence-electron chi connectivity index (χ1n) is 8.74. The number of carbonyl (C=O) groups is 2. The van der Waals surface area contributed by atoms with Gasteiger partial charge in [0.2, 0.25) is 11.8 Å². The highest BCUT2D eigenvalue weighted by molar-refractivity contribution is 8.15. The smallest absolute Gasteiger partial charge is 0.242 e. The van der Waals surface area contributed by atoms with E-state index >= 15 is 0 Å². The summed E-state index contributed by atoms with van der Waals surface area (Å²) in [5.74, 6) is -0.408. The van der Waals surface area contributed by atoms with Gasteiger partial charge in [-0.3, -0.25) is 14.5 Å². The van der Waals surface area contributed by atoms with E-state index in [9.17, 15) is 9.59 Å². The fourth-order valence-corrected chi connectivity index (χ4v) is 4.22. The summed E-state index contributed by atoms with van der Waals surface area (Å²) in [4.78, 5) is 31.1. The van der Waals surface area contributed by atoms with Crippen molar-refractivity contribution in [1.29, 1.82) is 0 Å². The van der Waals surface area contributed by atoms with E-state index in [0.717, 1.165) is 17.7 Å². The molecule has 1 saturated heterocycles. The molecule has 2 aromatic carbocycles. The highest BCUT2D eigenvalue weighted by atomic mass is 35.5. The van der Waals surface area contributed by atoms with E-state index in [2.05, 4.69) is 17.2 Å². The van der Waals surface area contributed by atoms with Gasteiger partial charge in [0.15, 0.2) is 5.17 Å². The van der Waals surface area contributed by atoms with Crippen LogP contribution >= 0.6 is 35.0 Å². The van der Waals surface area contributed by atoms with Crippen LogP contribution in [0.2, 0.25) is 10.0 Å². The lowest BCUT2D eigenvalue weighted by Crippen LogP contribution is -2.30. The van der Waals surface area contributed by atoms with Crippen LogP contribution < -0.4 is 5.32 Å². The Morgan fingerprint density at radius 3 is 2.68 bits per heavy atom. The molecule has 0 spiro atoms. The van der Waals surface area contributed by atoms with Crippen molar-refractivity contribution < 1.29 is 9.59 Å². The molecule has 2 aromatic rings. The van der Waals surface area contributed by atoms with Crippen LogP contribution in [0.15, 0.2) is 47.5 Å². The number of nitrogens with one attached hydrogen (secondary N) is 1. The average molecular weight is 436 g/mol. The van der Waals surface area contributed by atoms with E-state index in [1.807, 2.05) is 24.3 Å². The summed E-state index contributed by atoms with van der Waals surface area (Å²) < 4.78 is 0. The molecule has 2 amide bonds. The molecule has 28 heavy (non-hydrogen) atoms. The van der Waals surface area contributed by atoms with Gasteiger partial charge in [-0.2, -0.15) is 0 Å². The lowest BCUT2D eigenvalue weighted by molar-refractivity contribution is -0.127. The van der Waals surface area contributed by atoms with Crippen molar-refractivity contribution in [3.05, 3.63) is 58.1 Å². The molecule has 0 bridgehead atoms. The molecule has 1 aliphatic rings. The zero-order valence-corrected chi connectivity index (χ0v) is 17.7. The molecule has 0 radical (unpaired) electrons. The standard InChI is InChI=1S/C20H19Cl2N3O2S/c1-3-12-6-4-5-7-16(12)24-20-25(2)19(27)17(28-20)11-18(26)23-13-8-9-14(21)15(22)10-13/h4-10,17H,3,11H2,1-2H3,(H,23,26)/t17-/m0/s1. The number of benzene rings is 2. The van der Waals surface area contributed by atoms with Gasteiger partial charge in [-0.1, -0.05) is 60.1 Å². The third-order valence-corrected chi connectivity index (χ3v) is 6.27. The minimum atomic E-state index is -0.514. The first-order chi connectivity index (χ1) is 13.4. The fraction of sp³-hybridized carbons (Fsp3) is 0.250. The van der Waals surface area contributed by atoms with Crippen LogP contribution in [0.4, 0.5) is 11.4 Å². The molecule has 3 rings (SSSR count). The fourth-order valence-electron chi connectivity index (χ4n) is 2.77. The van der Waals surface area contributed by atoms with Crippen molar-refractivity contribution in [3.63, 3.8) is 0 Å². The molecular weight excluding hydrogens is 417 g/mol. The monoisotopic (exact) mass is 435 g/mol. The number of aliphatic imine (C=N–C) groups is 1. The van der Waals surface area contributed by atoms with Gasteiger partial charge in [-0.15, -0.1) is 0 Å². The zero-order valence-electron chi connectivity index (χ0n) is 15.4. The van der Waals surface area contributed by atoms with Gasteiger partial charge in [-0.25, -0.2) is 4.99 Å². The topological polar surface area (TPSA) is 61.8 Å². The van der Waals surface area contributed by atoms with Gasteiger partial charge in [0.05, 0.1) is 15.7 Å². The lowest BCUT2D eigenvalue weighted by atomic mass is 10.1. The molecule has 1 heterocycles. The Morgan fingerprint density at radius 2 is 1.96 bits per heavy atom. The molecule has 0 aliphatic carbocycles. The second-order valence-corrected chi connectivity index (χ2v) is 8.25. The number of aryl methyl sites for hydroxylation is 1. The lowest BCUT2D eigenvalue weighted by Gasteiger charge is -2.10. The Kier molecular flexibility index (Phi) is 6.65. The Hall–Kier alpha value is -2.02. The SMILES string of the molecule is CCc1ccccc1N=C1S[C@@H](CC(=O)Nc2ccc(Cl)c(Cl)c2)C(=O)N1C. The van der Waals surface area contributed by atoms with Gasteiger partial charge in [0.1, 0.15) is 5.25 Å². The third kappa shape index (κ3) is 4.69. The van der Waals surface area contributed by atoms with Crippen molar-refractivity contribution in [3.8, 4) is 0 Å². The predicted molar refractivity (Wildman–Crippen MR) is 117 cm³/mol. The summed E-state index contributed by atoms with van der Waals surface area (Å²) in [5, 5.41) is 3.60. The number of amidine groups is 1. The maximum atomic E-state index is 12.6. The quantitative estimate of drug-likeness (QED) is 0.706. The zero-order chi connectivity index (χ0) is 20.3. The maximum Gasteiger partial charge on any atom is 0.242 e. The molecule has 0 aromatic heterocycles. The summed E-state index contributed by atoms with van der Waals surface area (Å²) in [6.45, 7) is 2.06. The van der Waals surface area contributed by atoms with Crippen molar-refractivity contribution in [1.82, 2.24) is 4.90 Å². The number of hydrogen-bond donors (Lipinski definition) is 1. The molecule has 1 fully saturated rings. The minimum Gasteiger partial charge on any atom is -0.326 e. The van der Waals surface area contributed by atoms with Crippen LogP contribution in [0.25, 0.3) is 0 Å². The second-order valence-electron chi connectivity index (χ2n) is 6.26. The summed E-state index contributed by atoms with van der Waals surface area (Å²) >= 11 is 13.2. The van der Waals surface area contributed by atoms with Crippen molar-refractivity contribution in [2.75, 3.05) is 12.4 Å². The van der Waals surface area contributed by atoms with E-state index in [0.29, 0.717) is 20.9 Å². The molecule has 0 saturated carbocycles. The highest BCUT2D eigenvalue weighted by Gasteiger charge is 2.37. The van der Waals surface area contributed by atoms with Crippen LogP contribution in [0, 0.1) is 0 Å². The Labute approximate surface area is 178 Å². The van der Waals surface area contributed by atoms with Gasteiger partial charge >= 0.3 is 0 Å². The summed E-state index contributed by atoms with van der Waals surface area (Å²) in [6.07, 6.45) is 0.896. The maximum absolute atomic E-state index is 12.6. The van der Waals surface area contributed by atoms with Crippen LogP contribution in [-0.4, -0.2) is 34.2 Å². The first-order valence-corrected chi connectivity index (χ1v) is 10.4. The number of para-hydroxylation sites is 1. The first kappa shape index (κ1) is 20.7. The minimum absolute atomic E-state index is 0.0442. The van der Waals surface area contributed by atoms with Gasteiger partial charge in [0, 0.05) is 19.2 Å². The van der Waals surface area contributed by atoms with E-state index < -0.39 is 5.25 Å². The molecule has 146 valence electrons. The second kappa shape index (κ2) is 8.99. The summed E-state index contributed by atoms with van der Waals surface area (Å²) in [6, 6.07) is 12.7. The number of nitrogens with zero attached hydrogens (tertiary/aromatic N) is 2. The molecule has 8 heteroatoms. The molecule has 1 atom stereocenters. The number of rotatable bonds is 5. The van der Waals surface area contributed by atoms with Crippen LogP contribution in [0.5, 0.6) is 0 Å². The Bertz CT molecular complexity index is 949. The number of anilines is 1. The molecular formula is C20H19Cl2N3O2S. The number of carbonyl (C=O) groups excluding carboxylic acids is 2. The van der Waals surface area contributed by atoms with Crippen LogP contribution in [-0.2, 0) is 16.0 Å². The number of thioether (sulfide) groups is 1. The predicted octanol–water partition coefficient (Wildman–Crippen LogP) is 5.15. The van der Waals surface area contributed by atoms with Crippen molar-refractivity contribution in [2.24, 2.45) is 4.99 Å². The largest absolute Gasteiger partial charge is 0.326 e. The van der Waals surface area contributed by atoms with Crippen LogP contribution in [0.3, 0.4) is 0 Å². The molecule has 1 N–H and O–H groups in total. The number of amides is 2. The normalized spacial score (nSPS) is 18.0. The number of halogens is 2. The average Bonchev–Trinajstić information content (AvgIpc) is 2.93. The van der Waals surface area contributed by atoms with Gasteiger partial charge in [-0.05, 0) is 36.2 Å². The van der Waals surface area contributed by atoms with Crippen molar-refractivity contribution >= 4 is 63.3 Å². The highest BCUT2D eigenvalue weighted by Crippen LogP contribution is 2.32. The van der Waals surface area contributed by atoms with Crippen LogP contribution in [0.1, 0.15) is 18.9 Å². The van der Waals surface area contributed by atoms with Gasteiger partial charge in [0.25, 0.3) is 0 Å². The Balaban J connectivity index is 1.70.